The number of hydrogen-bond donors (Lipinski definition) is 4. The smallest absolute Gasteiger partial charge is 0.231 e. The van der Waals surface area contributed by atoms with Gasteiger partial charge in [-0.1, -0.05) is 0 Å². The molecular formula is C14H26N12. The normalized spacial score (nSPS) is 10.5. The lowest BCUT2D eigenvalue weighted by Gasteiger charge is -2.19. The van der Waals surface area contributed by atoms with Gasteiger partial charge in [0, 0.05) is 42.3 Å². The molecule has 2 rings (SSSR count). The summed E-state index contributed by atoms with van der Waals surface area (Å²) in [5.74, 6) is 2.92. The minimum atomic E-state index is -0.237. The van der Waals surface area contributed by atoms with Crippen molar-refractivity contribution in [1.29, 1.82) is 0 Å². The molecule has 2 aromatic heterocycles. The first kappa shape index (κ1) is 19.1. The Hall–Kier alpha value is -3.18. The SMILES string of the molecule is CNc1nc(NC(C)Nc2nc(NC)nc(N(C)C)n2)nc(N(C)C)n1. The van der Waals surface area contributed by atoms with Crippen molar-refractivity contribution in [3.8, 4) is 0 Å². The van der Waals surface area contributed by atoms with Gasteiger partial charge in [-0.05, 0) is 6.92 Å². The molecule has 0 saturated heterocycles. The molecule has 0 atom stereocenters. The first-order chi connectivity index (χ1) is 12.3. The van der Waals surface area contributed by atoms with Gasteiger partial charge >= 0.3 is 0 Å². The number of rotatable bonds is 8. The van der Waals surface area contributed by atoms with Gasteiger partial charge in [0.1, 0.15) is 0 Å². The minimum absolute atomic E-state index is 0.237. The Morgan fingerprint density at radius 3 is 1.27 bits per heavy atom. The zero-order valence-corrected chi connectivity index (χ0v) is 16.2. The molecule has 4 N–H and O–H groups in total. The molecule has 0 amide bonds. The summed E-state index contributed by atoms with van der Waals surface area (Å²) < 4.78 is 0. The highest BCUT2D eigenvalue weighted by atomic mass is 15.4. The summed E-state index contributed by atoms with van der Waals surface area (Å²) in [6.45, 7) is 1.91. The standard InChI is InChI=1S/C14H26N12/c1-8(17-11-19-9(15-2)21-13(23-11)25(4)5)18-12-20-10(16-3)22-14(24-12)26(6)7/h8H,1-7H3,(H2,15,17,19,21,23)(H2,16,18,20,22,24). The van der Waals surface area contributed by atoms with Crippen molar-refractivity contribution < 1.29 is 0 Å². The fourth-order valence-corrected chi connectivity index (χ4v) is 1.91. The van der Waals surface area contributed by atoms with Crippen molar-refractivity contribution >= 4 is 35.7 Å². The van der Waals surface area contributed by atoms with Crippen LogP contribution in [-0.4, -0.2) is 78.4 Å². The van der Waals surface area contributed by atoms with E-state index in [1.807, 2.05) is 35.1 Å². The van der Waals surface area contributed by atoms with Crippen LogP contribution in [0.2, 0.25) is 0 Å². The zero-order chi connectivity index (χ0) is 19.3. The van der Waals surface area contributed by atoms with Crippen molar-refractivity contribution in [3.05, 3.63) is 0 Å². The van der Waals surface area contributed by atoms with Crippen LogP contribution in [0.3, 0.4) is 0 Å². The highest BCUT2D eigenvalue weighted by molar-refractivity contribution is 5.46. The molecular weight excluding hydrogens is 336 g/mol. The van der Waals surface area contributed by atoms with Crippen LogP contribution < -0.4 is 31.1 Å². The summed E-state index contributed by atoms with van der Waals surface area (Å²) in [6.07, 6.45) is -0.237. The highest BCUT2D eigenvalue weighted by Crippen LogP contribution is 2.14. The van der Waals surface area contributed by atoms with Gasteiger partial charge in [-0.2, -0.15) is 29.9 Å². The van der Waals surface area contributed by atoms with E-state index in [9.17, 15) is 0 Å². The third-order valence-corrected chi connectivity index (χ3v) is 3.19. The second-order valence-electron chi connectivity index (χ2n) is 5.86. The Labute approximate surface area is 152 Å². The first-order valence-corrected chi connectivity index (χ1v) is 8.07. The molecule has 0 aromatic carbocycles. The molecule has 0 saturated carbocycles. The second kappa shape index (κ2) is 8.27. The quantitative estimate of drug-likeness (QED) is 0.476. The zero-order valence-electron chi connectivity index (χ0n) is 16.2. The van der Waals surface area contributed by atoms with Gasteiger partial charge in [0.15, 0.2) is 0 Å². The molecule has 2 aromatic rings. The molecule has 0 aliphatic heterocycles. The van der Waals surface area contributed by atoms with Crippen LogP contribution in [0.25, 0.3) is 0 Å². The maximum Gasteiger partial charge on any atom is 0.231 e. The third-order valence-electron chi connectivity index (χ3n) is 3.19. The Balaban J connectivity index is 2.17. The summed E-state index contributed by atoms with van der Waals surface area (Å²) in [4.78, 5) is 29.6. The molecule has 0 unspecified atom stereocenters. The fraction of sp³-hybridized carbons (Fsp3) is 0.571. The Morgan fingerprint density at radius 1 is 0.615 bits per heavy atom. The summed E-state index contributed by atoms with van der Waals surface area (Å²) in [5, 5.41) is 12.2. The average Bonchev–Trinajstić information content (AvgIpc) is 2.60. The fourth-order valence-electron chi connectivity index (χ4n) is 1.91. The lowest BCUT2D eigenvalue weighted by molar-refractivity contribution is 0.847. The summed E-state index contributed by atoms with van der Waals surface area (Å²) in [5.41, 5.74) is 0. The predicted molar refractivity (Wildman–Crippen MR) is 104 cm³/mol. The van der Waals surface area contributed by atoms with E-state index < -0.39 is 0 Å². The molecule has 0 fully saturated rings. The van der Waals surface area contributed by atoms with Gasteiger partial charge in [-0.15, -0.1) is 0 Å². The molecule has 26 heavy (non-hydrogen) atoms. The van der Waals surface area contributed by atoms with E-state index in [4.69, 9.17) is 0 Å². The van der Waals surface area contributed by atoms with Gasteiger partial charge in [0.05, 0.1) is 6.17 Å². The van der Waals surface area contributed by atoms with Crippen molar-refractivity contribution in [2.75, 3.05) is 73.4 Å². The van der Waals surface area contributed by atoms with Crippen molar-refractivity contribution in [3.63, 3.8) is 0 Å². The Bertz CT molecular complexity index is 670. The monoisotopic (exact) mass is 362 g/mol. The largest absolute Gasteiger partial charge is 0.357 e. The van der Waals surface area contributed by atoms with Crippen LogP contribution in [0.4, 0.5) is 35.7 Å². The highest BCUT2D eigenvalue weighted by Gasteiger charge is 2.12. The molecule has 0 aliphatic carbocycles. The van der Waals surface area contributed by atoms with E-state index in [-0.39, 0.29) is 6.17 Å². The summed E-state index contributed by atoms with van der Waals surface area (Å²) in [7, 11) is 11.0. The first-order valence-electron chi connectivity index (χ1n) is 8.07. The van der Waals surface area contributed by atoms with Gasteiger partial charge < -0.3 is 31.1 Å². The molecule has 0 aliphatic rings. The van der Waals surface area contributed by atoms with Crippen molar-refractivity contribution in [1.82, 2.24) is 29.9 Å². The molecule has 0 bridgehead atoms. The van der Waals surface area contributed by atoms with E-state index in [0.29, 0.717) is 35.7 Å². The number of hydrogen-bond acceptors (Lipinski definition) is 12. The average molecular weight is 362 g/mol. The van der Waals surface area contributed by atoms with Crippen LogP contribution in [0.15, 0.2) is 0 Å². The lowest BCUT2D eigenvalue weighted by atomic mass is 10.5. The van der Waals surface area contributed by atoms with Crippen LogP contribution in [0.1, 0.15) is 6.92 Å². The topological polar surface area (TPSA) is 132 Å². The number of nitrogens with one attached hydrogen (secondary N) is 4. The number of nitrogens with zero attached hydrogens (tertiary/aromatic N) is 8. The van der Waals surface area contributed by atoms with Crippen molar-refractivity contribution in [2.45, 2.75) is 13.1 Å². The second-order valence-corrected chi connectivity index (χ2v) is 5.86. The van der Waals surface area contributed by atoms with E-state index in [1.165, 1.54) is 0 Å². The molecule has 0 spiro atoms. The van der Waals surface area contributed by atoms with Gasteiger partial charge in [0.2, 0.25) is 35.7 Å². The Kier molecular flexibility index (Phi) is 6.09. The Morgan fingerprint density at radius 2 is 0.962 bits per heavy atom. The van der Waals surface area contributed by atoms with Gasteiger partial charge in [-0.3, -0.25) is 0 Å². The van der Waals surface area contributed by atoms with Crippen molar-refractivity contribution in [2.24, 2.45) is 0 Å². The van der Waals surface area contributed by atoms with E-state index in [2.05, 4.69) is 51.2 Å². The predicted octanol–water partition coefficient (Wildman–Crippen LogP) is 0.142. The maximum atomic E-state index is 4.38. The van der Waals surface area contributed by atoms with E-state index >= 15 is 0 Å². The van der Waals surface area contributed by atoms with Crippen LogP contribution in [0, 0.1) is 0 Å². The van der Waals surface area contributed by atoms with Gasteiger partial charge in [-0.25, -0.2) is 0 Å². The van der Waals surface area contributed by atoms with Gasteiger partial charge in [0.25, 0.3) is 0 Å². The third kappa shape index (κ3) is 4.91. The summed E-state index contributed by atoms with van der Waals surface area (Å²) in [6, 6.07) is 0. The molecule has 12 nitrogen and oxygen atoms in total. The van der Waals surface area contributed by atoms with Crippen LogP contribution in [-0.2, 0) is 0 Å². The maximum absolute atomic E-state index is 4.38. The summed E-state index contributed by atoms with van der Waals surface area (Å²) >= 11 is 0. The molecule has 0 radical (unpaired) electrons. The van der Waals surface area contributed by atoms with E-state index in [0.717, 1.165) is 0 Å². The minimum Gasteiger partial charge on any atom is -0.357 e. The van der Waals surface area contributed by atoms with E-state index in [1.54, 1.807) is 23.9 Å². The molecule has 142 valence electrons. The number of aromatic nitrogens is 6. The van der Waals surface area contributed by atoms with Crippen LogP contribution in [0.5, 0.6) is 0 Å². The lowest BCUT2D eigenvalue weighted by Crippen LogP contribution is -2.28. The van der Waals surface area contributed by atoms with Crippen LogP contribution >= 0.6 is 0 Å². The number of anilines is 6. The molecule has 2 heterocycles. The molecule has 12 heteroatoms.